The average Bonchev–Trinajstić information content (AvgIpc) is 2.46. The average molecular weight is 216 g/mol. The number of ether oxygens (including phenoxy) is 2. The molecule has 0 amide bonds. The fraction of sp³-hybridized carbons (Fsp3) is 1.00. The molecule has 0 aliphatic carbocycles. The lowest BCUT2D eigenvalue weighted by atomic mass is 10.0. The Morgan fingerprint density at radius 2 is 2.13 bits per heavy atom. The number of unbranched alkanes of at least 4 members (excludes halogenated alkanes) is 1. The van der Waals surface area contributed by atoms with Gasteiger partial charge >= 0.3 is 0 Å². The van der Waals surface area contributed by atoms with Crippen LogP contribution in [0.4, 0.5) is 0 Å². The van der Waals surface area contributed by atoms with E-state index in [0.29, 0.717) is 12.5 Å². The molecule has 0 bridgehead atoms. The van der Waals surface area contributed by atoms with Gasteiger partial charge in [-0.05, 0) is 32.1 Å². The maximum Gasteiger partial charge on any atom is 0.166 e. The minimum Gasteiger partial charge on any atom is -0.396 e. The highest BCUT2D eigenvalue weighted by atomic mass is 16.7. The maximum atomic E-state index is 8.69. The second-order valence-corrected chi connectivity index (χ2v) is 5.00. The van der Waals surface area contributed by atoms with Crippen molar-refractivity contribution in [2.75, 3.05) is 13.2 Å². The van der Waals surface area contributed by atoms with Crippen LogP contribution in [-0.4, -0.2) is 30.2 Å². The fourth-order valence-electron chi connectivity index (χ4n) is 2.16. The van der Waals surface area contributed by atoms with Crippen LogP contribution < -0.4 is 0 Å². The molecule has 1 aliphatic rings. The molecule has 2 unspecified atom stereocenters. The Balaban J connectivity index is 2.25. The summed E-state index contributed by atoms with van der Waals surface area (Å²) >= 11 is 0. The molecule has 3 nitrogen and oxygen atoms in total. The zero-order valence-corrected chi connectivity index (χ0v) is 10.2. The van der Waals surface area contributed by atoms with Crippen LogP contribution in [0, 0.1) is 5.92 Å². The van der Waals surface area contributed by atoms with Gasteiger partial charge in [0.05, 0.1) is 12.7 Å². The van der Waals surface area contributed by atoms with Crippen LogP contribution in [0.15, 0.2) is 0 Å². The Kier molecular flexibility index (Phi) is 5.03. The van der Waals surface area contributed by atoms with E-state index < -0.39 is 0 Å². The van der Waals surface area contributed by atoms with E-state index >= 15 is 0 Å². The molecule has 0 radical (unpaired) electrons. The Labute approximate surface area is 92.8 Å². The van der Waals surface area contributed by atoms with Gasteiger partial charge in [0, 0.05) is 13.0 Å². The van der Waals surface area contributed by atoms with Crippen molar-refractivity contribution in [3.63, 3.8) is 0 Å². The van der Waals surface area contributed by atoms with E-state index in [2.05, 4.69) is 13.8 Å². The van der Waals surface area contributed by atoms with Crippen LogP contribution in [0.3, 0.4) is 0 Å². The fourth-order valence-corrected chi connectivity index (χ4v) is 2.16. The van der Waals surface area contributed by atoms with E-state index in [4.69, 9.17) is 14.6 Å². The lowest BCUT2D eigenvalue weighted by molar-refractivity contribution is -0.164. The molecule has 0 saturated carbocycles. The summed E-state index contributed by atoms with van der Waals surface area (Å²) in [5.74, 6) is 0.212. The largest absolute Gasteiger partial charge is 0.396 e. The van der Waals surface area contributed by atoms with Crippen molar-refractivity contribution in [2.24, 2.45) is 5.92 Å². The first-order valence-corrected chi connectivity index (χ1v) is 5.98. The number of hydrogen-bond donors (Lipinski definition) is 1. The third-order valence-corrected chi connectivity index (χ3v) is 2.70. The van der Waals surface area contributed by atoms with Gasteiger partial charge in [-0.1, -0.05) is 13.8 Å². The molecule has 2 atom stereocenters. The molecule has 0 aromatic heterocycles. The minimum atomic E-state index is -0.377. The van der Waals surface area contributed by atoms with E-state index in [1.807, 2.05) is 6.92 Å². The van der Waals surface area contributed by atoms with Crippen molar-refractivity contribution in [3.05, 3.63) is 0 Å². The predicted octanol–water partition coefficient (Wildman–Crippen LogP) is 2.33. The molecule has 0 aromatic rings. The second kappa shape index (κ2) is 5.83. The molecule has 1 saturated heterocycles. The molecule has 1 aliphatic heterocycles. The second-order valence-electron chi connectivity index (χ2n) is 5.00. The molecule has 90 valence electrons. The molecule has 15 heavy (non-hydrogen) atoms. The molecule has 1 fully saturated rings. The number of rotatable bonds is 6. The highest BCUT2D eigenvalue weighted by molar-refractivity contribution is 4.76. The molecule has 1 N–H and O–H groups in total. The van der Waals surface area contributed by atoms with Gasteiger partial charge in [-0.15, -0.1) is 0 Å². The summed E-state index contributed by atoms with van der Waals surface area (Å²) in [5, 5.41) is 8.69. The molecular formula is C12H24O3. The summed E-state index contributed by atoms with van der Waals surface area (Å²) in [4.78, 5) is 0. The summed E-state index contributed by atoms with van der Waals surface area (Å²) in [6, 6.07) is 0. The standard InChI is InChI=1S/C12H24O3/c1-10(2)8-12(3)14-9-11(15-12)6-4-5-7-13/h10-11,13H,4-9H2,1-3H3. The van der Waals surface area contributed by atoms with Gasteiger partial charge < -0.3 is 14.6 Å². The topological polar surface area (TPSA) is 38.7 Å². The first-order chi connectivity index (χ1) is 7.06. The predicted molar refractivity (Wildman–Crippen MR) is 59.6 cm³/mol. The van der Waals surface area contributed by atoms with E-state index in [0.717, 1.165) is 25.7 Å². The minimum absolute atomic E-state index is 0.222. The van der Waals surface area contributed by atoms with Crippen LogP contribution in [0.5, 0.6) is 0 Å². The van der Waals surface area contributed by atoms with Crippen LogP contribution in [-0.2, 0) is 9.47 Å². The Hall–Kier alpha value is -0.120. The quantitative estimate of drug-likeness (QED) is 0.693. The van der Waals surface area contributed by atoms with Gasteiger partial charge in [0.25, 0.3) is 0 Å². The van der Waals surface area contributed by atoms with Crippen LogP contribution in [0.25, 0.3) is 0 Å². The van der Waals surface area contributed by atoms with E-state index in [1.165, 1.54) is 0 Å². The van der Waals surface area contributed by atoms with Crippen molar-refractivity contribution < 1.29 is 14.6 Å². The summed E-state index contributed by atoms with van der Waals surface area (Å²) in [5.41, 5.74) is 0. The maximum absolute atomic E-state index is 8.69. The van der Waals surface area contributed by atoms with Gasteiger partial charge in [0.2, 0.25) is 0 Å². The highest BCUT2D eigenvalue weighted by Crippen LogP contribution is 2.31. The highest BCUT2D eigenvalue weighted by Gasteiger charge is 2.37. The van der Waals surface area contributed by atoms with Crippen molar-refractivity contribution in [3.8, 4) is 0 Å². The molecule has 1 rings (SSSR count). The first kappa shape index (κ1) is 12.9. The summed E-state index contributed by atoms with van der Waals surface area (Å²) in [6.45, 7) is 7.36. The van der Waals surface area contributed by atoms with Crippen molar-refractivity contribution >= 4 is 0 Å². The first-order valence-electron chi connectivity index (χ1n) is 5.98. The Morgan fingerprint density at radius 1 is 1.40 bits per heavy atom. The molecule has 0 aromatic carbocycles. The van der Waals surface area contributed by atoms with Gasteiger partial charge in [-0.3, -0.25) is 0 Å². The molecule has 1 heterocycles. The van der Waals surface area contributed by atoms with Crippen molar-refractivity contribution in [1.29, 1.82) is 0 Å². The van der Waals surface area contributed by atoms with Gasteiger partial charge in [0.1, 0.15) is 0 Å². The monoisotopic (exact) mass is 216 g/mol. The van der Waals surface area contributed by atoms with Crippen molar-refractivity contribution in [1.82, 2.24) is 0 Å². The lowest BCUT2D eigenvalue weighted by Crippen LogP contribution is -2.28. The molecule has 0 spiro atoms. The molecular weight excluding hydrogens is 192 g/mol. The number of aliphatic hydroxyl groups excluding tert-OH is 1. The van der Waals surface area contributed by atoms with Crippen LogP contribution in [0.2, 0.25) is 0 Å². The van der Waals surface area contributed by atoms with Crippen LogP contribution >= 0.6 is 0 Å². The zero-order chi connectivity index (χ0) is 11.3. The van der Waals surface area contributed by atoms with Gasteiger partial charge in [-0.2, -0.15) is 0 Å². The molecule has 3 heteroatoms. The van der Waals surface area contributed by atoms with Gasteiger partial charge in [-0.25, -0.2) is 0 Å². The SMILES string of the molecule is CC(C)CC1(C)OCC(CCCCO)O1. The van der Waals surface area contributed by atoms with Gasteiger partial charge in [0.15, 0.2) is 5.79 Å². The zero-order valence-electron chi connectivity index (χ0n) is 10.2. The van der Waals surface area contributed by atoms with E-state index in [9.17, 15) is 0 Å². The normalized spacial score (nSPS) is 31.4. The number of aliphatic hydroxyl groups is 1. The third kappa shape index (κ3) is 4.49. The third-order valence-electron chi connectivity index (χ3n) is 2.70. The smallest absolute Gasteiger partial charge is 0.166 e. The van der Waals surface area contributed by atoms with Crippen molar-refractivity contribution in [2.45, 2.75) is 58.3 Å². The summed E-state index contributed by atoms with van der Waals surface area (Å²) < 4.78 is 11.6. The summed E-state index contributed by atoms with van der Waals surface area (Å²) in [7, 11) is 0. The van der Waals surface area contributed by atoms with E-state index in [1.54, 1.807) is 0 Å². The summed E-state index contributed by atoms with van der Waals surface area (Å²) in [6.07, 6.45) is 4.04. The Morgan fingerprint density at radius 3 is 2.73 bits per heavy atom. The van der Waals surface area contributed by atoms with Crippen LogP contribution in [0.1, 0.15) is 46.5 Å². The van der Waals surface area contributed by atoms with E-state index in [-0.39, 0.29) is 18.5 Å². The lowest BCUT2D eigenvalue weighted by Gasteiger charge is -2.25. The number of hydrogen-bond acceptors (Lipinski definition) is 3. The Bertz CT molecular complexity index is 182.